The Balaban J connectivity index is 3.17. The van der Waals surface area contributed by atoms with Gasteiger partial charge in [0.05, 0.1) is 6.20 Å². The van der Waals surface area contributed by atoms with E-state index in [0.717, 1.165) is 6.20 Å². The van der Waals surface area contributed by atoms with Crippen molar-refractivity contribution in [2.75, 3.05) is 0 Å². The molecule has 0 aliphatic heterocycles. The molecule has 0 fully saturated rings. The van der Waals surface area contributed by atoms with Crippen molar-refractivity contribution in [1.82, 2.24) is 15.0 Å². The normalized spacial score (nSPS) is 11.4. The van der Waals surface area contributed by atoms with Crippen molar-refractivity contribution >= 4 is 16.1 Å². The zero-order valence-corrected chi connectivity index (χ0v) is 6.52. The van der Waals surface area contributed by atoms with Crippen LogP contribution in [0.25, 0.3) is 0 Å². The molecule has 0 bridgehead atoms. The lowest BCUT2D eigenvalue weighted by Crippen LogP contribution is -2.20. The number of hydrogen-bond donors (Lipinski definition) is 2. The minimum atomic E-state index is -3.92. The van der Waals surface area contributed by atoms with Gasteiger partial charge in [-0.1, -0.05) is 5.21 Å². The highest BCUT2D eigenvalue weighted by molar-refractivity contribution is 7.89. The van der Waals surface area contributed by atoms with Gasteiger partial charge < -0.3 is 5.73 Å². The number of carbonyl (C=O) groups excluding carboxylic acids is 1. The van der Waals surface area contributed by atoms with Gasteiger partial charge in [-0.2, -0.15) is 4.68 Å². The lowest BCUT2D eigenvalue weighted by atomic mass is 10.9. The van der Waals surface area contributed by atoms with E-state index in [1.165, 1.54) is 0 Å². The summed E-state index contributed by atoms with van der Waals surface area (Å²) in [4.78, 5) is 10.4. The van der Waals surface area contributed by atoms with Crippen molar-refractivity contribution < 1.29 is 13.2 Å². The Hall–Kier alpha value is -1.48. The number of aromatic nitrogens is 3. The average molecular weight is 191 g/mol. The van der Waals surface area contributed by atoms with Crippen LogP contribution in [0.15, 0.2) is 11.2 Å². The molecule has 0 aromatic carbocycles. The van der Waals surface area contributed by atoms with E-state index in [-0.39, 0.29) is 0 Å². The largest absolute Gasteiger partial charge is 0.350 e. The molecular weight excluding hydrogens is 186 g/mol. The van der Waals surface area contributed by atoms with E-state index < -0.39 is 21.1 Å². The molecule has 0 saturated carbocycles. The van der Waals surface area contributed by atoms with Crippen LogP contribution in [0.4, 0.5) is 4.79 Å². The van der Waals surface area contributed by atoms with Crippen LogP contribution in [-0.4, -0.2) is 29.4 Å². The fourth-order valence-corrected chi connectivity index (χ4v) is 0.884. The maximum absolute atomic E-state index is 10.6. The van der Waals surface area contributed by atoms with Crippen LogP contribution < -0.4 is 10.9 Å². The molecule has 1 aromatic heterocycles. The average Bonchev–Trinajstić information content (AvgIpc) is 2.30. The van der Waals surface area contributed by atoms with Gasteiger partial charge in [-0.25, -0.2) is 18.4 Å². The molecule has 0 aliphatic rings. The first kappa shape index (κ1) is 8.62. The molecule has 1 amide bonds. The standard InChI is InChI=1S/C3H5N5O3S/c4-3(9)8-1-2(6-7-8)12(5,10)11/h1H,(H2,4,9)(H2,5,10,11). The van der Waals surface area contributed by atoms with Crippen molar-refractivity contribution in [3.05, 3.63) is 6.20 Å². The summed E-state index contributed by atoms with van der Waals surface area (Å²) in [5, 5.41) is 10.4. The molecule has 0 unspecified atom stereocenters. The molecule has 4 N–H and O–H groups in total. The Morgan fingerprint density at radius 2 is 2.17 bits per heavy atom. The summed E-state index contributed by atoms with van der Waals surface area (Å²) in [5.41, 5.74) is 4.76. The highest BCUT2D eigenvalue weighted by Gasteiger charge is 2.14. The molecule has 8 nitrogen and oxygen atoms in total. The van der Waals surface area contributed by atoms with E-state index in [1.807, 2.05) is 0 Å². The highest BCUT2D eigenvalue weighted by atomic mass is 32.2. The lowest BCUT2D eigenvalue weighted by molar-refractivity contribution is 0.247. The quantitative estimate of drug-likeness (QED) is 0.522. The van der Waals surface area contributed by atoms with Crippen LogP contribution in [0.1, 0.15) is 0 Å². The first-order valence-electron chi connectivity index (χ1n) is 2.66. The van der Waals surface area contributed by atoms with Crippen LogP contribution in [0.5, 0.6) is 0 Å². The summed E-state index contributed by atoms with van der Waals surface area (Å²) in [6.45, 7) is 0. The van der Waals surface area contributed by atoms with Crippen molar-refractivity contribution in [3.8, 4) is 0 Å². The second kappa shape index (κ2) is 2.53. The number of nitrogens with zero attached hydrogens (tertiary/aromatic N) is 3. The maximum atomic E-state index is 10.6. The van der Waals surface area contributed by atoms with Gasteiger partial charge in [0.2, 0.25) is 5.03 Å². The van der Waals surface area contributed by atoms with Crippen LogP contribution in [-0.2, 0) is 10.0 Å². The Morgan fingerprint density at radius 1 is 1.58 bits per heavy atom. The van der Waals surface area contributed by atoms with E-state index in [9.17, 15) is 13.2 Å². The Morgan fingerprint density at radius 3 is 2.42 bits per heavy atom. The van der Waals surface area contributed by atoms with Gasteiger partial charge in [-0.05, 0) is 0 Å². The third-order valence-electron chi connectivity index (χ3n) is 0.990. The van der Waals surface area contributed by atoms with Crippen LogP contribution in [0.3, 0.4) is 0 Å². The van der Waals surface area contributed by atoms with Crippen LogP contribution in [0.2, 0.25) is 0 Å². The van der Waals surface area contributed by atoms with Gasteiger partial charge in [0.25, 0.3) is 10.0 Å². The van der Waals surface area contributed by atoms with E-state index in [2.05, 4.69) is 15.5 Å². The topological polar surface area (TPSA) is 134 Å². The van der Waals surface area contributed by atoms with Crippen LogP contribution >= 0.6 is 0 Å². The predicted molar refractivity (Wildman–Crippen MR) is 36.4 cm³/mol. The zero-order valence-electron chi connectivity index (χ0n) is 5.71. The van der Waals surface area contributed by atoms with Crippen molar-refractivity contribution in [3.63, 3.8) is 0 Å². The molecule has 0 atom stereocenters. The summed E-state index contributed by atoms with van der Waals surface area (Å²) >= 11 is 0. The molecule has 1 rings (SSSR count). The number of rotatable bonds is 1. The molecule has 0 saturated heterocycles. The molecular formula is C3H5N5O3S. The van der Waals surface area contributed by atoms with E-state index in [1.54, 1.807) is 0 Å². The number of amides is 1. The van der Waals surface area contributed by atoms with Gasteiger partial charge in [0.1, 0.15) is 0 Å². The summed E-state index contributed by atoms with van der Waals surface area (Å²) < 4.78 is 21.7. The third kappa shape index (κ3) is 1.57. The van der Waals surface area contributed by atoms with Gasteiger partial charge in [-0.15, -0.1) is 5.10 Å². The SMILES string of the molecule is NC(=O)n1cc(S(N)(=O)=O)nn1. The summed E-state index contributed by atoms with van der Waals surface area (Å²) in [6.07, 6.45) is 0.831. The van der Waals surface area contributed by atoms with E-state index in [4.69, 9.17) is 5.73 Å². The Kier molecular flexibility index (Phi) is 1.82. The third-order valence-corrected chi connectivity index (χ3v) is 1.76. The highest BCUT2D eigenvalue weighted by Crippen LogP contribution is 1.97. The van der Waals surface area contributed by atoms with Crippen LogP contribution in [0, 0.1) is 0 Å². The monoisotopic (exact) mass is 191 g/mol. The second-order valence-electron chi connectivity index (χ2n) is 1.88. The molecule has 9 heteroatoms. The van der Waals surface area contributed by atoms with Crippen molar-refractivity contribution in [2.24, 2.45) is 10.9 Å². The molecule has 1 aromatic rings. The molecule has 0 aliphatic carbocycles. The number of primary amides is 1. The fourth-order valence-electron chi connectivity index (χ4n) is 0.487. The number of nitrogens with two attached hydrogens (primary N) is 2. The smallest absolute Gasteiger partial charge is 0.340 e. The van der Waals surface area contributed by atoms with Crippen molar-refractivity contribution in [2.45, 2.75) is 5.03 Å². The van der Waals surface area contributed by atoms with Gasteiger partial charge >= 0.3 is 6.03 Å². The molecule has 1 heterocycles. The maximum Gasteiger partial charge on any atom is 0.340 e. The second-order valence-corrected chi connectivity index (χ2v) is 3.39. The number of primary sulfonamides is 1. The first-order valence-corrected chi connectivity index (χ1v) is 4.21. The van der Waals surface area contributed by atoms with Gasteiger partial charge in [-0.3, -0.25) is 0 Å². The Bertz CT molecular complexity index is 405. The number of sulfonamides is 1. The first-order chi connectivity index (χ1) is 5.41. The predicted octanol–water partition coefficient (Wildman–Crippen LogP) is -2.15. The molecule has 66 valence electrons. The number of hydrogen-bond acceptors (Lipinski definition) is 5. The fraction of sp³-hybridized carbons (Fsp3) is 0. The molecule has 0 radical (unpaired) electrons. The van der Waals surface area contributed by atoms with Crippen molar-refractivity contribution in [1.29, 1.82) is 0 Å². The van der Waals surface area contributed by atoms with E-state index >= 15 is 0 Å². The summed E-state index contributed by atoms with van der Waals surface area (Å²) in [6, 6.07) is -0.933. The van der Waals surface area contributed by atoms with Gasteiger partial charge in [0.15, 0.2) is 0 Å². The molecule has 0 spiro atoms. The summed E-state index contributed by atoms with van der Waals surface area (Å²) in [5.74, 6) is 0. The zero-order chi connectivity index (χ0) is 9.35. The molecule has 12 heavy (non-hydrogen) atoms. The summed E-state index contributed by atoms with van der Waals surface area (Å²) in [7, 11) is -3.92. The minimum Gasteiger partial charge on any atom is -0.350 e. The lowest BCUT2D eigenvalue weighted by Gasteiger charge is -1.87. The van der Waals surface area contributed by atoms with E-state index in [0.29, 0.717) is 4.68 Å². The van der Waals surface area contributed by atoms with Gasteiger partial charge in [0, 0.05) is 0 Å². The number of carbonyl (C=O) groups is 1. The Labute approximate surface area is 67.2 Å². The minimum absolute atomic E-state index is 0.499.